The van der Waals surface area contributed by atoms with Crippen molar-refractivity contribution in [1.29, 1.82) is 0 Å². The highest BCUT2D eigenvalue weighted by Gasteiger charge is 2.32. The van der Waals surface area contributed by atoms with Crippen molar-refractivity contribution in [2.75, 3.05) is 26.3 Å². The molecule has 1 fully saturated rings. The molecule has 29 heavy (non-hydrogen) atoms. The Hall–Kier alpha value is -2.02. The zero-order chi connectivity index (χ0) is 20.2. The molecule has 1 aliphatic rings. The lowest BCUT2D eigenvalue weighted by molar-refractivity contribution is -0.0238. The minimum Gasteiger partial charge on any atom is -0.386 e. The van der Waals surface area contributed by atoms with Crippen molar-refractivity contribution in [3.8, 4) is 11.3 Å². The Labute approximate surface area is 179 Å². The highest BCUT2D eigenvalue weighted by atomic mass is 35.5. The van der Waals surface area contributed by atoms with E-state index in [9.17, 15) is 5.11 Å². The Balaban J connectivity index is 1.78. The van der Waals surface area contributed by atoms with Gasteiger partial charge < -0.3 is 9.84 Å². The van der Waals surface area contributed by atoms with Crippen LogP contribution in [-0.4, -0.2) is 46.3 Å². The number of benzene rings is 1. The highest BCUT2D eigenvalue weighted by molar-refractivity contribution is 6.35. The molecule has 0 bridgehead atoms. The summed E-state index contributed by atoms with van der Waals surface area (Å²) >= 11 is 12.4. The largest absolute Gasteiger partial charge is 0.386 e. The lowest BCUT2D eigenvalue weighted by Gasteiger charge is -2.37. The molecule has 1 N–H and O–H groups in total. The first-order chi connectivity index (χ1) is 14.1. The fourth-order valence-electron chi connectivity index (χ4n) is 3.76. The maximum atomic E-state index is 11.6. The number of rotatable bonds is 5. The van der Waals surface area contributed by atoms with Crippen molar-refractivity contribution in [1.82, 2.24) is 14.9 Å². The maximum absolute atomic E-state index is 11.6. The van der Waals surface area contributed by atoms with Crippen molar-refractivity contribution >= 4 is 23.2 Å². The fourth-order valence-corrected chi connectivity index (χ4v) is 4.28. The molecular weight excluding hydrogens is 409 g/mol. The van der Waals surface area contributed by atoms with Crippen LogP contribution < -0.4 is 0 Å². The predicted molar refractivity (Wildman–Crippen MR) is 114 cm³/mol. The monoisotopic (exact) mass is 429 g/mol. The summed E-state index contributed by atoms with van der Waals surface area (Å²) in [4.78, 5) is 11.0. The van der Waals surface area contributed by atoms with E-state index in [-0.39, 0.29) is 6.04 Å². The maximum Gasteiger partial charge on any atom is 0.101 e. The molecule has 0 unspecified atom stereocenters. The molecule has 0 radical (unpaired) electrons. The van der Waals surface area contributed by atoms with E-state index in [1.54, 1.807) is 36.8 Å². The number of hydrogen-bond donors (Lipinski definition) is 1. The van der Waals surface area contributed by atoms with Gasteiger partial charge in [0.15, 0.2) is 0 Å². The van der Waals surface area contributed by atoms with Crippen LogP contribution in [0.2, 0.25) is 10.0 Å². The minimum atomic E-state index is -0.821. The molecule has 150 valence electrons. The average Bonchev–Trinajstić information content (AvgIpc) is 2.75. The van der Waals surface area contributed by atoms with Gasteiger partial charge in [0.05, 0.1) is 24.9 Å². The molecule has 0 amide bonds. The Bertz CT molecular complexity index is 945. The summed E-state index contributed by atoms with van der Waals surface area (Å²) in [6.07, 6.45) is 4.42. The van der Waals surface area contributed by atoms with Gasteiger partial charge in [-0.1, -0.05) is 35.3 Å². The van der Waals surface area contributed by atoms with Crippen LogP contribution in [0.25, 0.3) is 11.3 Å². The van der Waals surface area contributed by atoms with Crippen molar-refractivity contribution < 1.29 is 9.84 Å². The average molecular weight is 430 g/mol. The summed E-state index contributed by atoms with van der Waals surface area (Å²) in [7, 11) is 0. The molecule has 0 saturated carbocycles. The zero-order valence-corrected chi connectivity index (χ0v) is 17.2. The van der Waals surface area contributed by atoms with Crippen LogP contribution in [0.3, 0.4) is 0 Å². The second-order valence-electron chi connectivity index (χ2n) is 6.92. The van der Waals surface area contributed by atoms with Gasteiger partial charge in [-0.3, -0.25) is 14.9 Å². The molecule has 7 heteroatoms. The number of aromatic nitrogens is 2. The third-order valence-electron chi connectivity index (χ3n) is 5.06. The number of aliphatic hydroxyl groups is 1. The quantitative estimate of drug-likeness (QED) is 0.643. The van der Waals surface area contributed by atoms with Crippen LogP contribution in [0.1, 0.15) is 23.3 Å². The van der Waals surface area contributed by atoms with E-state index in [4.69, 9.17) is 27.9 Å². The smallest absolute Gasteiger partial charge is 0.101 e. The van der Waals surface area contributed by atoms with Gasteiger partial charge in [0, 0.05) is 52.9 Å². The molecule has 2 atom stereocenters. The van der Waals surface area contributed by atoms with Gasteiger partial charge in [0.2, 0.25) is 0 Å². The Morgan fingerprint density at radius 2 is 1.72 bits per heavy atom. The summed E-state index contributed by atoms with van der Waals surface area (Å²) in [5.41, 5.74) is 3.09. The van der Waals surface area contributed by atoms with Crippen LogP contribution >= 0.6 is 23.2 Å². The number of morpholine rings is 1. The zero-order valence-electron chi connectivity index (χ0n) is 15.7. The van der Waals surface area contributed by atoms with Gasteiger partial charge >= 0.3 is 0 Å². The van der Waals surface area contributed by atoms with Gasteiger partial charge in [0.25, 0.3) is 0 Å². The van der Waals surface area contributed by atoms with E-state index >= 15 is 0 Å². The van der Waals surface area contributed by atoms with E-state index in [1.165, 1.54) is 0 Å². The molecular formula is C22H21Cl2N3O2. The van der Waals surface area contributed by atoms with E-state index in [2.05, 4.69) is 14.9 Å². The van der Waals surface area contributed by atoms with Gasteiger partial charge in [-0.25, -0.2) is 0 Å². The van der Waals surface area contributed by atoms with Crippen molar-refractivity contribution in [3.05, 3.63) is 82.2 Å². The Morgan fingerprint density at radius 1 is 1.00 bits per heavy atom. The second-order valence-corrected chi connectivity index (χ2v) is 7.80. The molecule has 3 heterocycles. The molecule has 5 nitrogen and oxygen atoms in total. The van der Waals surface area contributed by atoms with Crippen molar-refractivity contribution in [2.24, 2.45) is 0 Å². The highest BCUT2D eigenvalue weighted by Crippen LogP contribution is 2.38. The van der Waals surface area contributed by atoms with Crippen molar-refractivity contribution in [2.45, 2.75) is 12.1 Å². The topological polar surface area (TPSA) is 58.5 Å². The van der Waals surface area contributed by atoms with E-state index < -0.39 is 6.10 Å². The lowest BCUT2D eigenvalue weighted by Crippen LogP contribution is -2.41. The molecule has 1 saturated heterocycles. The first-order valence-corrected chi connectivity index (χ1v) is 10.2. The number of nitrogens with zero attached hydrogens (tertiary/aromatic N) is 3. The number of ether oxygens (including phenoxy) is 1. The molecule has 0 aliphatic carbocycles. The molecule has 3 aromatic rings. The third-order valence-corrected chi connectivity index (χ3v) is 5.49. The van der Waals surface area contributed by atoms with Crippen LogP contribution in [0.4, 0.5) is 0 Å². The number of aliphatic hydroxyl groups excluding tert-OH is 1. The number of halogens is 2. The molecule has 2 aromatic heterocycles. The predicted octanol–water partition coefficient (Wildman–Crippen LogP) is 4.56. The van der Waals surface area contributed by atoms with Gasteiger partial charge in [0.1, 0.15) is 6.10 Å². The molecule has 1 aromatic carbocycles. The molecule has 0 spiro atoms. The first-order valence-electron chi connectivity index (χ1n) is 9.44. The SMILES string of the molecule is O[C@H](c1cccnc1-c1cc(Cl)cc(Cl)c1)[C@H](c1cccnc1)N1CCOCC1. The number of hydrogen-bond acceptors (Lipinski definition) is 5. The van der Waals surface area contributed by atoms with Gasteiger partial charge in [-0.15, -0.1) is 0 Å². The second kappa shape index (κ2) is 9.20. The van der Waals surface area contributed by atoms with Crippen LogP contribution in [0.5, 0.6) is 0 Å². The van der Waals surface area contributed by atoms with Crippen LogP contribution in [0.15, 0.2) is 61.1 Å². The lowest BCUT2D eigenvalue weighted by atomic mass is 9.92. The van der Waals surface area contributed by atoms with Gasteiger partial charge in [-0.05, 0) is 35.9 Å². The summed E-state index contributed by atoms with van der Waals surface area (Å²) < 4.78 is 5.51. The fraction of sp³-hybridized carbons (Fsp3) is 0.273. The summed E-state index contributed by atoms with van der Waals surface area (Å²) in [6.45, 7) is 2.73. The standard InChI is InChI=1S/C22H21Cl2N3O2/c23-17-11-16(12-18(24)13-17)20-19(4-2-6-26-20)22(28)21(15-3-1-5-25-14-15)27-7-9-29-10-8-27/h1-6,11-14,21-22,28H,7-10H2/t21-,22+/m0/s1. The van der Waals surface area contributed by atoms with Gasteiger partial charge in [-0.2, -0.15) is 0 Å². The summed E-state index contributed by atoms with van der Waals surface area (Å²) in [5.74, 6) is 0. The minimum absolute atomic E-state index is 0.273. The first kappa shape index (κ1) is 20.3. The normalized spacial score (nSPS) is 17.1. The summed E-state index contributed by atoms with van der Waals surface area (Å²) in [5, 5.41) is 12.6. The molecule has 4 rings (SSSR count). The Morgan fingerprint density at radius 3 is 2.41 bits per heavy atom. The summed E-state index contributed by atoms with van der Waals surface area (Å²) in [6, 6.07) is 12.6. The molecule has 1 aliphatic heterocycles. The van der Waals surface area contributed by atoms with E-state index in [1.807, 2.05) is 24.3 Å². The van der Waals surface area contributed by atoms with E-state index in [0.717, 1.165) is 24.2 Å². The number of pyridine rings is 2. The third kappa shape index (κ3) is 4.60. The van der Waals surface area contributed by atoms with Crippen molar-refractivity contribution in [3.63, 3.8) is 0 Å². The van der Waals surface area contributed by atoms with Crippen LogP contribution in [0, 0.1) is 0 Å². The van der Waals surface area contributed by atoms with E-state index in [0.29, 0.717) is 34.5 Å². The Kier molecular flexibility index (Phi) is 6.43. The van der Waals surface area contributed by atoms with Crippen LogP contribution in [-0.2, 0) is 4.74 Å².